The molecule has 3 nitrogen and oxygen atoms in total. The minimum atomic E-state index is -4.57. The smallest absolute Gasteiger partial charge is 0.383 e. The number of hydrogen-bond acceptors (Lipinski definition) is 3. The Morgan fingerprint density at radius 3 is 2.45 bits per heavy atom. The maximum Gasteiger partial charge on any atom is 0.433 e. The van der Waals surface area contributed by atoms with Gasteiger partial charge in [0, 0.05) is 23.0 Å². The second-order valence-electron chi connectivity index (χ2n) is 4.15. The Kier molecular flexibility index (Phi) is 3.96. The van der Waals surface area contributed by atoms with E-state index in [0.29, 0.717) is 11.3 Å². The zero-order chi connectivity index (χ0) is 14.9. The fraction of sp³-hybridized carbons (Fsp3) is 0.231. The highest BCUT2D eigenvalue weighted by Gasteiger charge is 2.33. The lowest BCUT2D eigenvalue weighted by atomic mass is 10.0. The van der Waals surface area contributed by atoms with Gasteiger partial charge in [-0.15, -0.1) is 0 Å². The third-order valence-corrected chi connectivity index (χ3v) is 3.11. The molecule has 0 saturated carbocycles. The van der Waals surface area contributed by atoms with Crippen molar-refractivity contribution in [2.45, 2.75) is 19.2 Å². The minimum Gasteiger partial charge on any atom is -0.383 e. The maximum atomic E-state index is 12.5. The predicted molar refractivity (Wildman–Crippen MR) is 67.3 cm³/mol. The van der Waals surface area contributed by atoms with Crippen LogP contribution in [0.3, 0.4) is 0 Å². The van der Waals surface area contributed by atoms with Gasteiger partial charge in [-0.1, -0.05) is 23.7 Å². The molecule has 106 valence electrons. The molecular weight excluding hydrogens is 293 g/mol. The Morgan fingerprint density at radius 2 is 1.90 bits per heavy atom. The summed E-state index contributed by atoms with van der Waals surface area (Å²) < 4.78 is 37.5. The topological polar surface area (TPSA) is 46.0 Å². The third kappa shape index (κ3) is 2.91. The summed E-state index contributed by atoms with van der Waals surface area (Å²) in [5.41, 5.74) is 0.0454. The molecule has 0 radical (unpaired) electrons. The molecule has 0 spiro atoms. The van der Waals surface area contributed by atoms with Crippen LogP contribution in [0.2, 0.25) is 5.15 Å². The number of rotatable bonds is 2. The molecule has 2 rings (SSSR count). The number of nitrogens with zero attached hydrogens (tertiary/aromatic N) is 2. The third-order valence-electron chi connectivity index (χ3n) is 2.81. The number of hydrogen-bond donors (Lipinski definition) is 1. The molecule has 2 aromatic rings. The average molecular weight is 303 g/mol. The summed E-state index contributed by atoms with van der Waals surface area (Å²) in [7, 11) is 0. The van der Waals surface area contributed by atoms with E-state index < -0.39 is 18.0 Å². The molecule has 2 aromatic heterocycles. The van der Waals surface area contributed by atoms with Crippen LogP contribution >= 0.6 is 11.6 Å². The molecule has 0 amide bonds. The molecule has 0 aliphatic carbocycles. The Morgan fingerprint density at radius 1 is 1.20 bits per heavy atom. The van der Waals surface area contributed by atoms with E-state index in [1.165, 1.54) is 0 Å². The summed E-state index contributed by atoms with van der Waals surface area (Å²) in [6.07, 6.45) is -4.19. The average Bonchev–Trinajstić information content (AvgIpc) is 2.37. The van der Waals surface area contributed by atoms with Crippen molar-refractivity contribution in [2.24, 2.45) is 0 Å². The lowest BCUT2D eigenvalue weighted by Crippen LogP contribution is -2.10. The Labute approximate surface area is 118 Å². The second-order valence-corrected chi connectivity index (χ2v) is 4.51. The van der Waals surface area contributed by atoms with E-state index >= 15 is 0 Å². The number of aromatic nitrogens is 2. The number of alkyl halides is 3. The van der Waals surface area contributed by atoms with Crippen LogP contribution in [0.25, 0.3) is 0 Å². The van der Waals surface area contributed by atoms with E-state index in [1.54, 1.807) is 25.3 Å². The summed E-state index contributed by atoms with van der Waals surface area (Å²) in [6, 6.07) is 5.16. The first-order chi connectivity index (χ1) is 9.30. The number of aliphatic hydroxyl groups is 1. The maximum absolute atomic E-state index is 12.5. The van der Waals surface area contributed by atoms with E-state index in [4.69, 9.17) is 11.6 Å². The predicted octanol–water partition coefficient (Wildman–Crippen LogP) is 3.54. The largest absolute Gasteiger partial charge is 0.433 e. The van der Waals surface area contributed by atoms with Crippen molar-refractivity contribution < 1.29 is 18.3 Å². The van der Waals surface area contributed by atoms with Crippen LogP contribution in [0.4, 0.5) is 13.2 Å². The molecule has 2 heterocycles. The van der Waals surface area contributed by atoms with Crippen LogP contribution in [0.15, 0.2) is 30.5 Å². The monoisotopic (exact) mass is 302 g/mol. The molecule has 1 atom stereocenters. The second kappa shape index (κ2) is 5.38. The molecule has 0 aliphatic rings. The highest BCUT2D eigenvalue weighted by molar-refractivity contribution is 6.30. The van der Waals surface area contributed by atoms with Crippen LogP contribution in [0, 0.1) is 6.92 Å². The van der Waals surface area contributed by atoms with Crippen LogP contribution in [0.1, 0.15) is 28.6 Å². The van der Waals surface area contributed by atoms with Gasteiger partial charge in [-0.3, -0.25) is 4.98 Å². The van der Waals surface area contributed by atoms with Gasteiger partial charge in [0.2, 0.25) is 0 Å². The van der Waals surface area contributed by atoms with Gasteiger partial charge in [0.15, 0.2) is 0 Å². The highest BCUT2D eigenvalue weighted by Crippen LogP contribution is 2.33. The van der Waals surface area contributed by atoms with Gasteiger partial charge in [-0.25, -0.2) is 4.98 Å². The van der Waals surface area contributed by atoms with Gasteiger partial charge in [0.1, 0.15) is 17.0 Å². The van der Waals surface area contributed by atoms with E-state index in [2.05, 4.69) is 9.97 Å². The van der Waals surface area contributed by atoms with Crippen LogP contribution < -0.4 is 0 Å². The van der Waals surface area contributed by atoms with Crippen molar-refractivity contribution in [2.75, 3.05) is 0 Å². The Hall–Kier alpha value is -1.66. The SMILES string of the molecule is Cc1ncccc1C(O)c1ccc(C(F)(F)F)nc1Cl. The van der Waals surface area contributed by atoms with Crippen LogP contribution in [-0.4, -0.2) is 15.1 Å². The van der Waals surface area contributed by atoms with Gasteiger partial charge < -0.3 is 5.11 Å². The molecule has 0 aromatic carbocycles. The summed E-state index contributed by atoms with van der Waals surface area (Å²) >= 11 is 5.74. The van der Waals surface area contributed by atoms with E-state index in [1.807, 2.05) is 0 Å². The first-order valence-corrected chi connectivity index (χ1v) is 6.01. The highest BCUT2D eigenvalue weighted by atomic mass is 35.5. The van der Waals surface area contributed by atoms with Gasteiger partial charge in [-0.05, 0) is 19.1 Å². The number of aliphatic hydroxyl groups excluding tert-OH is 1. The van der Waals surface area contributed by atoms with Crippen molar-refractivity contribution in [3.05, 3.63) is 58.1 Å². The lowest BCUT2D eigenvalue weighted by molar-refractivity contribution is -0.141. The van der Waals surface area contributed by atoms with Crippen molar-refractivity contribution >= 4 is 11.6 Å². The Bertz CT molecular complexity index is 631. The van der Waals surface area contributed by atoms with Gasteiger partial charge in [-0.2, -0.15) is 13.2 Å². The summed E-state index contributed by atoms with van der Waals surface area (Å²) in [6.45, 7) is 1.68. The zero-order valence-corrected chi connectivity index (χ0v) is 11.1. The number of aryl methyl sites for hydroxylation is 1. The normalized spacial score (nSPS) is 13.3. The zero-order valence-electron chi connectivity index (χ0n) is 10.3. The minimum absolute atomic E-state index is 0.107. The first kappa shape index (κ1) is 14.7. The Balaban J connectivity index is 2.42. The molecule has 0 fully saturated rings. The van der Waals surface area contributed by atoms with Crippen molar-refractivity contribution in [3.63, 3.8) is 0 Å². The molecule has 0 aliphatic heterocycles. The summed E-state index contributed by atoms with van der Waals surface area (Å²) in [5.74, 6) is 0. The van der Waals surface area contributed by atoms with Crippen molar-refractivity contribution in [1.29, 1.82) is 0 Å². The van der Waals surface area contributed by atoms with Crippen molar-refractivity contribution in [3.8, 4) is 0 Å². The molecule has 0 bridgehead atoms. The summed E-state index contributed by atoms with van der Waals surface area (Å²) in [5, 5.41) is 9.82. The number of pyridine rings is 2. The van der Waals surface area contributed by atoms with E-state index in [9.17, 15) is 18.3 Å². The standard InChI is InChI=1S/C13H10ClF3N2O/c1-7-8(3-2-6-18-7)11(20)9-4-5-10(13(15,16)17)19-12(9)14/h2-6,11,20H,1H3. The molecule has 1 unspecified atom stereocenters. The molecule has 7 heteroatoms. The molecule has 20 heavy (non-hydrogen) atoms. The summed E-state index contributed by atoms with van der Waals surface area (Å²) in [4.78, 5) is 7.29. The first-order valence-electron chi connectivity index (χ1n) is 5.64. The molecule has 0 saturated heterocycles. The van der Waals surface area contributed by atoms with E-state index in [-0.39, 0.29) is 10.7 Å². The van der Waals surface area contributed by atoms with Gasteiger partial charge in [0.05, 0.1) is 0 Å². The van der Waals surface area contributed by atoms with Crippen molar-refractivity contribution in [1.82, 2.24) is 9.97 Å². The van der Waals surface area contributed by atoms with Crippen LogP contribution in [0.5, 0.6) is 0 Å². The molecule has 1 N–H and O–H groups in total. The van der Waals surface area contributed by atoms with Crippen LogP contribution in [-0.2, 0) is 6.18 Å². The van der Waals surface area contributed by atoms with Gasteiger partial charge in [0.25, 0.3) is 0 Å². The van der Waals surface area contributed by atoms with Gasteiger partial charge >= 0.3 is 6.18 Å². The fourth-order valence-electron chi connectivity index (χ4n) is 1.76. The number of halogens is 4. The lowest BCUT2D eigenvalue weighted by Gasteiger charge is -2.15. The fourth-order valence-corrected chi connectivity index (χ4v) is 2.02. The van der Waals surface area contributed by atoms with E-state index in [0.717, 1.165) is 12.1 Å². The quantitative estimate of drug-likeness (QED) is 0.863. The molecular formula is C13H10ClF3N2O.